The Morgan fingerprint density at radius 3 is 2.86 bits per heavy atom. The molecule has 6 rings (SSSR count). The van der Waals surface area contributed by atoms with E-state index in [1.54, 1.807) is 29.8 Å². The maximum absolute atomic E-state index is 14.9. The Labute approximate surface area is 200 Å². The fourth-order valence-electron chi connectivity index (χ4n) is 4.81. The van der Waals surface area contributed by atoms with Crippen molar-refractivity contribution in [3.05, 3.63) is 71.1 Å². The van der Waals surface area contributed by atoms with E-state index >= 15 is 0 Å². The number of aromatic nitrogens is 3. The molecule has 35 heavy (non-hydrogen) atoms. The van der Waals surface area contributed by atoms with E-state index < -0.39 is 5.97 Å². The lowest BCUT2D eigenvalue weighted by Gasteiger charge is -2.17. The van der Waals surface area contributed by atoms with Gasteiger partial charge in [-0.1, -0.05) is 6.07 Å². The largest absolute Gasteiger partial charge is 0.493 e. The van der Waals surface area contributed by atoms with E-state index in [9.17, 15) is 9.18 Å². The molecule has 0 aliphatic carbocycles. The van der Waals surface area contributed by atoms with Gasteiger partial charge in [0.1, 0.15) is 17.2 Å². The number of imidazole rings is 1. The molecule has 0 radical (unpaired) electrons. The summed E-state index contributed by atoms with van der Waals surface area (Å²) >= 11 is 0. The molecule has 0 saturated heterocycles. The van der Waals surface area contributed by atoms with Gasteiger partial charge in [0.2, 0.25) is 0 Å². The van der Waals surface area contributed by atoms with Crippen LogP contribution in [0.5, 0.6) is 11.5 Å². The van der Waals surface area contributed by atoms with Crippen LogP contribution in [0, 0.1) is 12.7 Å². The molecule has 178 valence electrons. The molecule has 2 aliphatic heterocycles. The number of benzene rings is 1. The lowest BCUT2D eigenvalue weighted by molar-refractivity contribution is 0.0520. The number of fused-ring (bicyclic) bond motifs is 3. The standard InChI is InChI=1S/C26H23FN4O4/c1-3-33-26(32)20-11-31-24(30-20)17(16-5-4-8-28-14(16)2)9-22-25(31)29-10-18-19(27)6-7-21-23(18)15(12-34-21)13-35-22/h4-9,11,15,29H,3,10,12-13H2,1-2H3/t15-/m1/s1. The van der Waals surface area contributed by atoms with Gasteiger partial charge < -0.3 is 19.5 Å². The molecule has 1 N–H and O–H groups in total. The van der Waals surface area contributed by atoms with Gasteiger partial charge in [-0.15, -0.1) is 0 Å². The van der Waals surface area contributed by atoms with E-state index in [-0.39, 0.29) is 30.6 Å². The van der Waals surface area contributed by atoms with Gasteiger partial charge in [-0.05, 0) is 38.1 Å². The van der Waals surface area contributed by atoms with Crippen molar-refractivity contribution < 1.29 is 23.4 Å². The third-order valence-corrected chi connectivity index (χ3v) is 6.46. The van der Waals surface area contributed by atoms with Gasteiger partial charge >= 0.3 is 5.97 Å². The third-order valence-electron chi connectivity index (χ3n) is 6.46. The number of hydrogen-bond donors (Lipinski definition) is 1. The second kappa shape index (κ2) is 8.26. The fourth-order valence-corrected chi connectivity index (χ4v) is 4.81. The molecule has 0 amide bonds. The van der Waals surface area contributed by atoms with Gasteiger partial charge in [0.05, 0.1) is 25.7 Å². The van der Waals surface area contributed by atoms with E-state index in [1.807, 2.05) is 25.1 Å². The van der Waals surface area contributed by atoms with Crippen LogP contribution < -0.4 is 14.8 Å². The highest BCUT2D eigenvalue weighted by Gasteiger charge is 2.32. The Kier molecular flexibility index (Phi) is 5.05. The molecule has 0 fully saturated rings. The average Bonchev–Trinajstić information content (AvgIpc) is 3.48. The summed E-state index contributed by atoms with van der Waals surface area (Å²) in [7, 11) is 0. The predicted molar refractivity (Wildman–Crippen MR) is 127 cm³/mol. The summed E-state index contributed by atoms with van der Waals surface area (Å²) in [5.41, 5.74) is 4.54. The van der Waals surface area contributed by atoms with Gasteiger partial charge in [0.25, 0.3) is 0 Å². The van der Waals surface area contributed by atoms with Gasteiger partial charge in [-0.25, -0.2) is 14.2 Å². The zero-order valence-electron chi connectivity index (χ0n) is 19.3. The van der Waals surface area contributed by atoms with Crippen molar-refractivity contribution in [2.24, 2.45) is 0 Å². The minimum Gasteiger partial charge on any atom is -0.493 e. The summed E-state index contributed by atoms with van der Waals surface area (Å²) in [6, 6.07) is 8.80. The number of nitrogens with one attached hydrogen (secondary N) is 1. The number of nitrogens with zero attached hydrogens (tertiary/aromatic N) is 3. The topological polar surface area (TPSA) is 87.0 Å². The van der Waals surface area contributed by atoms with Crippen LogP contribution in [-0.2, 0) is 11.3 Å². The van der Waals surface area contributed by atoms with Crippen LogP contribution in [0.3, 0.4) is 0 Å². The van der Waals surface area contributed by atoms with Gasteiger partial charge in [-0.2, -0.15) is 0 Å². The third kappa shape index (κ3) is 3.46. The highest BCUT2D eigenvalue weighted by molar-refractivity contribution is 5.91. The summed E-state index contributed by atoms with van der Waals surface area (Å²) in [6.45, 7) is 4.86. The van der Waals surface area contributed by atoms with Crippen molar-refractivity contribution in [2.75, 3.05) is 25.1 Å². The number of anilines is 1. The van der Waals surface area contributed by atoms with Crippen LogP contribution in [0.2, 0.25) is 0 Å². The van der Waals surface area contributed by atoms with Crippen LogP contribution >= 0.6 is 0 Å². The predicted octanol–water partition coefficient (Wildman–Crippen LogP) is 4.50. The fraction of sp³-hybridized carbons (Fsp3) is 0.269. The Morgan fingerprint density at radius 1 is 1.23 bits per heavy atom. The number of rotatable bonds is 3. The first-order chi connectivity index (χ1) is 17.0. The lowest BCUT2D eigenvalue weighted by atomic mass is 9.96. The number of hydrogen-bond acceptors (Lipinski definition) is 7. The zero-order valence-corrected chi connectivity index (χ0v) is 19.3. The summed E-state index contributed by atoms with van der Waals surface area (Å²) < 4.78 is 34.0. The Morgan fingerprint density at radius 2 is 2.06 bits per heavy atom. The molecular formula is C26H23FN4O4. The smallest absolute Gasteiger partial charge is 0.358 e. The first-order valence-electron chi connectivity index (χ1n) is 11.5. The van der Waals surface area contributed by atoms with E-state index in [4.69, 9.17) is 14.2 Å². The number of carbonyl (C=O) groups is 1. The molecule has 1 aromatic carbocycles. The SMILES string of the molecule is CCOC(=O)c1cn2c3c(cc(-c4cccnc4C)c2n1)OC[C@H]1COc2ccc(F)c(c21)CN3. The van der Waals surface area contributed by atoms with E-state index in [2.05, 4.69) is 15.3 Å². The molecule has 0 bridgehead atoms. The van der Waals surface area contributed by atoms with Crippen LogP contribution in [-0.4, -0.2) is 40.2 Å². The number of pyridine rings is 2. The summed E-state index contributed by atoms with van der Waals surface area (Å²) in [5, 5.41) is 3.33. The molecule has 2 aliphatic rings. The normalized spacial score (nSPS) is 16.1. The first kappa shape index (κ1) is 21.4. The molecule has 1 atom stereocenters. The number of carbonyl (C=O) groups excluding carboxylic acids is 1. The van der Waals surface area contributed by atoms with Crippen LogP contribution in [0.1, 0.15) is 40.2 Å². The van der Waals surface area contributed by atoms with Crippen molar-refractivity contribution in [1.82, 2.24) is 14.4 Å². The molecule has 3 aromatic heterocycles. The van der Waals surface area contributed by atoms with Crippen LogP contribution in [0.25, 0.3) is 16.8 Å². The molecule has 4 aromatic rings. The van der Waals surface area contributed by atoms with E-state index in [0.717, 1.165) is 22.4 Å². The lowest BCUT2D eigenvalue weighted by Crippen LogP contribution is -2.13. The van der Waals surface area contributed by atoms with Gasteiger partial charge in [0.15, 0.2) is 17.3 Å². The van der Waals surface area contributed by atoms with Crippen molar-refractivity contribution in [3.63, 3.8) is 0 Å². The number of esters is 1. The second-order valence-corrected chi connectivity index (χ2v) is 8.56. The molecule has 0 unspecified atom stereocenters. The first-order valence-corrected chi connectivity index (χ1v) is 11.5. The number of ether oxygens (including phenoxy) is 3. The number of aryl methyl sites for hydroxylation is 1. The molecule has 8 nitrogen and oxygen atoms in total. The monoisotopic (exact) mass is 474 g/mol. The maximum atomic E-state index is 14.9. The van der Waals surface area contributed by atoms with Crippen LogP contribution in [0.4, 0.5) is 10.2 Å². The van der Waals surface area contributed by atoms with Crippen molar-refractivity contribution >= 4 is 17.4 Å². The number of halogens is 1. The molecule has 0 spiro atoms. The van der Waals surface area contributed by atoms with Crippen molar-refractivity contribution in [1.29, 1.82) is 0 Å². The summed E-state index contributed by atoms with van der Waals surface area (Å²) in [4.78, 5) is 21.6. The highest BCUT2D eigenvalue weighted by atomic mass is 19.1. The quantitative estimate of drug-likeness (QED) is 0.438. The van der Waals surface area contributed by atoms with E-state index in [0.29, 0.717) is 41.7 Å². The molecule has 0 saturated carbocycles. The Bertz CT molecular complexity index is 1480. The molecule has 9 heteroatoms. The molecular weight excluding hydrogens is 451 g/mol. The van der Waals surface area contributed by atoms with Crippen LogP contribution in [0.15, 0.2) is 42.7 Å². The van der Waals surface area contributed by atoms with Gasteiger partial charge in [0, 0.05) is 46.9 Å². The van der Waals surface area contributed by atoms with E-state index in [1.165, 1.54) is 6.07 Å². The second-order valence-electron chi connectivity index (χ2n) is 8.56. The Balaban J connectivity index is 1.56. The zero-order chi connectivity index (χ0) is 24.1. The minimum absolute atomic E-state index is 0.0967. The van der Waals surface area contributed by atoms with Crippen molar-refractivity contribution in [3.8, 4) is 22.6 Å². The van der Waals surface area contributed by atoms with Crippen molar-refractivity contribution in [2.45, 2.75) is 26.3 Å². The summed E-state index contributed by atoms with van der Waals surface area (Å²) in [6.07, 6.45) is 3.35. The average molecular weight is 474 g/mol. The van der Waals surface area contributed by atoms with Gasteiger partial charge in [-0.3, -0.25) is 9.38 Å². The highest BCUT2D eigenvalue weighted by Crippen LogP contribution is 2.42. The molecule has 5 heterocycles. The minimum atomic E-state index is -0.518. The Hall–Kier alpha value is -4.14. The summed E-state index contributed by atoms with van der Waals surface area (Å²) in [5.74, 6) is 0.909. The maximum Gasteiger partial charge on any atom is 0.358 e.